The Bertz CT molecular complexity index is 1150. The predicted molar refractivity (Wildman–Crippen MR) is 95.7 cm³/mol. The molecule has 11 heteroatoms. The van der Waals surface area contributed by atoms with Crippen LogP contribution in [0.25, 0.3) is 22.8 Å². The molecule has 2 aromatic carbocycles. The number of aliphatic carboxylic acids is 1. The van der Waals surface area contributed by atoms with E-state index in [0.717, 1.165) is 30.6 Å². The largest absolute Gasteiger partial charge is 0.508 e. The van der Waals surface area contributed by atoms with Gasteiger partial charge in [0.15, 0.2) is 11.6 Å². The average molecular weight is 399 g/mol. The molecule has 148 valence electrons. The molecular formula is C18H13N3O8. The van der Waals surface area contributed by atoms with Crippen molar-refractivity contribution in [1.82, 2.24) is 15.0 Å². The number of rotatable bonds is 5. The summed E-state index contributed by atoms with van der Waals surface area (Å²) in [6.07, 6.45) is 0.500. The van der Waals surface area contributed by atoms with Crippen molar-refractivity contribution in [2.45, 2.75) is 6.42 Å². The van der Waals surface area contributed by atoms with Crippen LogP contribution in [0.1, 0.15) is 15.9 Å². The van der Waals surface area contributed by atoms with Crippen LogP contribution in [0, 0.1) is 0 Å². The number of hydrogen-bond donors (Lipinski definition) is 6. The molecule has 0 saturated heterocycles. The zero-order valence-corrected chi connectivity index (χ0v) is 14.4. The van der Waals surface area contributed by atoms with Crippen LogP contribution in [0.5, 0.6) is 23.0 Å². The summed E-state index contributed by atoms with van der Waals surface area (Å²) in [5, 5.41) is 58.1. The van der Waals surface area contributed by atoms with E-state index in [1.165, 1.54) is 0 Å². The summed E-state index contributed by atoms with van der Waals surface area (Å²) in [6, 6.07) is 4.02. The Hall–Kier alpha value is -4.41. The fourth-order valence-electron chi connectivity index (χ4n) is 2.61. The Morgan fingerprint density at radius 2 is 1.48 bits per heavy atom. The third-order valence-corrected chi connectivity index (χ3v) is 3.92. The molecule has 29 heavy (non-hydrogen) atoms. The van der Waals surface area contributed by atoms with E-state index >= 15 is 0 Å². The van der Waals surface area contributed by atoms with E-state index in [1.54, 1.807) is 0 Å². The summed E-state index contributed by atoms with van der Waals surface area (Å²) in [5.41, 5.74) is -0.846. The second-order valence-electron chi connectivity index (χ2n) is 5.90. The number of aromatic hydroxyl groups is 4. The maximum Gasteiger partial charge on any atom is 0.339 e. The maximum atomic E-state index is 11.2. The Balaban J connectivity index is 2.12. The summed E-state index contributed by atoms with van der Waals surface area (Å²) < 4.78 is 0. The van der Waals surface area contributed by atoms with Crippen LogP contribution in [-0.4, -0.2) is 57.5 Å². The maximum absolute atomic E-state index is 11.2. The fraction of sp³-hybridized carbons (Fsp3) is 0.0556. The number of phenolic OH excluding ortho intramolecular Hbond substituents is 3. The highest BCUT2D eigenvalue weighted by molar-refractivity contribution is 5.94. The highest BCUT2D eigenvalue weighted by atomic mass is 16.4. The Morgan fingerprint density at radius 1 is 0.828 bits per heavy atom. The predicted octanol–water partition coefficient (Wildman–Crippen LogP) is 1.35. The van der Waals surface area contributed by atoms with Crippen molar-refractivity contribution in [3.05, 3.63) is 41.7 Å². The van der Waals surface area contributed by atoms with Gasteiger partial charge in [0.2, 0.25) is 0 Å². The number of aromatic nitrogens is 3. The van der Waals surface area contributed by atoms with Crippen LogP contribution in [0.3, 0.4) is 0 Å². The van der Waals surface area contributed by atoms with Gasteiger partial charge in [0, 0.05) is 5.56 Å². The standard InChI is InChI=1S/C18H13N3O8/c22-8-3-10(15(27)11(4-8)18(28)29)17-20-6-19-16(21-17)9-5-12(23)7(1-13(9)24)2-14(25)26/h1,3-6,22-24,27H,2H2,(H,25,26)(H,28,29). The zero-order chi connectivity index (χ0) is 21.3. The highest BCUT2D eigenvalue weighted by Gasteiger charge is 2.20. The van der Waals surface area contributed by atoms with Crippen molar-refractivity contribution in [3.8, 4) is 45.8 Å². The first kappa shape index (κ1) is 19.4. The van der Waals surface area contributed by atoms with Gasteiger partial charge < -0.3 is 30.6 Å². The molecule has 0 fully saturated rings. The van der Waals surface area contributed by atoms with Crippen LogP contribution >= 0.6 is 0 Å². The van der Waals surface area contributed by atoms with Crippen molar-refractivity contribution in [3.63, 3.8) is 0 Å². The van der Waals surface area contributed by atoms with Gasteiger partial charge in [-0.25, -0.2) is 19.7 Å². The molecule has 0 aliphatic rings. The lowest BCUT2D eigenvalue weighted by molar-refractivity contribution is -0.136. The topological polar surface area (TPSA) is 194 Å². The van der Waals surface area contributed by atoms with E-state index in [4.69, 9.17) is 10.2 Å². The molecule has 0 spiro atoms. The number of nitrogens with zero attached hydrogens (tertiary/aromatic N) is 3. The molecule has 0 aliphatic heterocycles. The third kappa shape index (κ3) is 3.83. The molecule has 0 unspecified atom stereocenters. The molecule has 0 amide bonds. The van der Waals surface area contributed by atoms with E-state index in [-0.39, 0.29) is 28.3 Å². The van der Waals surface area contributed by atoms with Gasteiger partial charge in [-0.15, -0.1) is 0 Å². The monoisotopic (exact) mass is 399 g/mol. The van der Waals surface area contributed by atoms with Gasteiger partial charge >= 0.3 is 11.9 Å². The number of carboxylic acids is 2. The van der Waals surface area contributed by atoms with Crippen molar-refractivity contribution in [2.24, 2.45) is 0 Å². The normalized spacial score (nSPS) is 10.6. The first-order valence-corrected chi connectivity index (χ1v) is 7.93. The number of phenols is 4. The first-order valence-electron chi connectivity index (χ1n) is 7.93. The lowest BCUT2D eigenvalue weighted by Gasteiger charge is -2.10. The van der Waals surface area contributed by atoms with Crippen LogP contribution < -0.4 is 0 Å². The molecule has 0 saturated carbocycles. The highest BCUT2D eigenvalue weighted by Crippen LogP contribution is 2.37. The second kappa shape index (κ2) is 7.31. The van der Waals surface area contributed by atoms with Crippen LogP contribution in [0.2, 0.25) is 0 Å². The van der Waals surface area contributed by atoms with Crippen LogP contribution in [-0.2, 0) is 11.2 Å². The molecule has 0 bridgehead atoms. The minimum atomic E-state index is -1.48. The number of carbonyl (C=O) groups is 2. The number of benzene rings is 2. The first-order chi connectivity index (χ1) is 13.7. The second-order valence-corrected chi connectivity index (χ2v) is 5.90. The minimum Gasteiger partial charge on any atom is -0.508 e. The summed E-state index contributed by atoms with van der Waals surface area (Å²) in [6.45, 7) is 0. The Morgan fingerprint density at radius 3 is 2.10 bits per heavy atom. The van der Waals surface area contributed by atoms with Crippen LogP contribution in [0.4, 0.5) is 0 Å². The molecule has 3 aromatic rings. The van der Waals surface area contributed by atoms with Gasteiger partial charge in [0.05, 0.1) is 17.5 Å². The van der Waals surface area contributed by atoms with Gasteiger partial charge in [-0.05, 0) is 24.3 Å². The van der Waals surface area contributed by atoms with Crippen molar-refractivity contribution >= 4 is 11.9 Å². The summed E-state index contributed by atoms with van der Waals surface area (Å²) in [4.78, 5) is 33.8. The van der Waals surface area contributed by atoms with Crippen molar-refractivity contribution in [2.75, 3.05) is 0 Å². The third-order valence-electron chi connectivity index (χ3n) is 3.92. The Labute approximate surface area is 161 Å². The van der Waals surface area contributed by atoms with E-state index in [9.17, 15) is 30.0 Å². The number of hydrogen-bond acceptors (Lipinski definition) is 9. The van der Waals surface area contributed by atoms with E-state index < -0.39 is 46.9 Å². The molecular weight excluding hydrogens is 386 g/mol. The van der Waals surface area contributed by atoms with Gasteiger partial charge in [0.1, 0.15) is 34.9 Å². The molecule has 11 nitrogen and oxygen atoms in total. The van der Waals surface area contributed by atoms with E-state index in [1.807, 2.05) is 0 Å². The number of carboxylic acid groups (broad SMARTS) is 2. The van der Waals surface area contributed by atoms with E-state index in [2.05, 4.69) is 15.0 Å². The van der Waals surface area contributed by atoms with Gasteiger partial charge in [-0.2, -0.15) is 0 Å². The summed E-state index contributed by atoms with van der Waals surface area (Å²) >= 11 is 0. The van der Waals surface area contributed by atoms with Gasteiger partial charge in [0.25, 0.3) is 0 Å². The molecule has 3 rings (SSSR count). The smallest absolute Gasteiger partial charge is 0.339 e. The lowest BCUT2D eigenvalue weighted by atomic mass is 10.1. The molecule has 0 aliphatic carbocycles. The number of aromatic carboxylic acids is 1. The quantitative estimate of drug-likeness (QED) is 0.339. The van der Waals surface area contributed by atoms with Crippen LogP contribution in [0.15, 0.2) is 30.6 Å². The summed E-state index contributed by atoms with van der Waals surface area (Å²) in [5.74, 6) is -5.00. The summed E-state index contributed by atoms with van der Waals surface area (Å²) in [7, 11) is 0. The molecule has 6 N–H and O–H groups in total. The van der Waals surface area contributed by atoms with Gasteiger partial charge in [-0.3, -0.25) is 4.79 Å². The fourth-order valence-corrected chi connectivity index (χ4v) is 2.61. The SMILES string of the molecule is O=C(O)Cc1cc(O)c(-c2ncnc(-c3cc(O)cc(C(=O)O)c3O)n2)cc1O. The Kier molecular flexibility index (Phi) is 4.88. The average Bonchev–Trinajstić information content (AvgIpc) is 2.65. The van der Waals surface area contributed by atoms with Crippen molar-refractivity contribution in [1.29, 1.82) is 0 Å². The zero-order valence-electron chi connectivity index (χ0n) is 14.4. The van der Waals surface area contributed by atoms with E-state index in [0.29, 0.717) is 0 Å². The molecule has 0 radical (unpaired) electrons. The molecule has 0 atom stereocenters. The molecule has 1 heterocycles. The molecule has 1 aromatic heterocycles. The van der Waals surface area contributed by atoms with Crippen molar-refractivity contribution < 1.29 is 40.2 Å². The van der Waals surface area contributed by atoms with Gasteiger partial charge in [-0.1, -0.05) is 0 Å². The lowest BCUT2D eigenvalue weighted by Crippen LogP contribution is -2.02. The minimum absolute atomic E-state index is 0.0234.